The predicted molar refractivity (Wildman–Crippen MR) is 99.0 cm³/mol. The second kappa shape index (κ2) is 6.74. The van der Waals surface area contributed by atoms with Gasteiger partial charge in [0.2, 0.25) is 0 Å². The molecule has 0 spiro atoms. The van der Waals surface area contributed by atoms with Gasteiger partial charge in [-0.15, -0.1) is 0 Å². The summed E-state index contributed by atoms with van der Waals surface area (Å²) in [5.41, 5.74) is 3.74. The monoisotopic (exact) mass is 368 g/mol. The van der Waals surface area contributed by atoms with Crippen LogP contribution in [0.3, 0.4) is 0 Å². The molecule has 1 unspecified atom stereocenters. The molecule has 0 aliphatic carbocycles. The summed E-state index contributed by atoms with van der Waals surface area (Å²) < 4.78 is 20.7. The van der Waals surface area contributed by atoms with Crippen molar-refractivity contribution < 1.29 is 13.9 Å². The molecule has 0 N–H and O–H groups in total. The molecule has 1 aromatic carbocycles. The number of ether oxygens (including phenoxy) is 1. The van der Waals surface area contributed by atoms with E-state index in [0.29, 0.717) is 30.9 Å². The highest BCUT2D eigenvalue weighted by Crippen LogP contribution is 2.27. The second-order valence-electron chi connectivity index (χ2n) is 6.88. The van der Waals surface area contributed by atoms with Gasteiger partial charge in [-0.05, 0) is 37.6 Å². The number of nitrogens with zero attached hydrogens (tertiary/aromatic N) is 4. The van der Waals surface area contributed by atoms with E-state index in [0.717, 1.165) is 22.3 Å². The van der Waals surface area contributed by atoms with Gasteiger partial charge in [-0.3, -0.25) is 9.48 Å². The van der Waals surface area contributed by atoms with Crippen LogP contribution in [0.1, 0.15) is 33.4 Å². The van der Waals surface area contributed by atoms with Crippen molar-refractivity contribution in [1.82, 2.24) is 19.7 Å². The van der Waals surface area contributed by atoms with Crippen LogP contribution in [0.5, 0.6) is 0 Å². The van der Waals surface area contributed by atoms with Crippen LogP contribution in [0.4, 0.5) is 4.39 Å². The highest BCUT2D eigenvalue weighted by molar-refractivity contribution is 6.06. The molecule has 140 valence electrons. The summed E-state index contributed by atoms with van der Waals surface area (Å²) in [6, 6.07) is 8.05. The number of morpholine rings is 1. The molecule has 4 rings (SSSR count). The third-order valence-corrected chi connectivity index (χ3v) is 4.92. The van der Waals surface area contributed by atoms with E-state index in [9.17, 15) is 9.18 Å². The lowest BCUT2D eigenvalue weighted by Crippen LogP contribution is -2.42. The standard InChI is InChI=1S/C20H21FN4O2/c1-12-10-16(18-13(2)23-24(3)19(18)22-12)20(26)25-8-9-27-17(11-25)14-4-6-15(21)7-5-14/h4-7,10,17H,8-9,11H2,1-3H3. The largest absolute Gasteiger partial charge is 0.370 e. The van der Waals surface area contributed by atoms with E-state index in [1.807, 2.05) is 27.0 Å². The number of halogens is 1. The van der Waals surface area contributed by atoms with Gasteiger partial charge in [0, 0.05) is 19.3 Å². The molecule has 2 aromatic heterocycles. The van der Waals surface area contributed by atoms with Gasteiger partial charge in [0.15, 0.2) is 5.65 Å². The zero-order valence-corrected chi connectivity index (χ0v) is 15.6. The average molecular weight is 368 g/mol. The fourth-order valence-corrected chi connectivity index (χ4v) is 3.62. The molecule has 0 bridgehead atoms. The van der Waals surface area contributed by atoms with Crippen LogP contribution >= 0.6 is 0 Å². The number of hydrogen-bond donors (Lipinski definition) is 0. The Labute approximate surface area is 156 Å². The van der Waals surface area contributed by atoms with E-state index in [2.05, 4.69) is 10.1 Å². The Morgan fingerprint density at radius 1 is 1.26 bits per heavy atom. The smallest absolute Gasteiger partial charge is 0.254 e. The summed E-state index contributed by atoms with van der Waals surface area (Å²) in [7, 11) is 1.83. The van der Waals surface area contributed by atoms with Gasteiger partial charge < -0.3 is 9.64 Å². The maximum atomic E-state index is 13.3. The van der Waals surface area contributed by atoms with Gasteiger partial charge >= 0.3 is 0 Å². The molecule has 1 aliphatic rings. The van der Waals surface area contributed by atoms with E-state index >= 15 is 0 Å². The van der Waals surface area contributed by atoms with Crippen LogP contribution in [-0.2, 0) is 11.8 Å². The molecule has 27 heavy (non-hydrogen) atoms. The molecule has 3 heterocycles. The first-order valence-corrected chi connectivity index (χ1v) is 8.91. The van der Waals surface area contributed by atoms with Crippen molar-refractivity contribution in [3.63, 3.8) is 0 Å². The van der Waals surface area contributed by atoms with E-state index in [1.165, 1.54) is 12.1 Å². The van der Waals surface area contributed by atoms with Crippen molar-refractivity contribution in [2.24, 2.45) is 7.05 Å². The van der Waals surface area contributed by atoms with Crippen molar-refractivity contribution in [3.05, 3.63) is 58.7 Å². The lowest BCUT2D eigenvalue weighted by molar-refractivity contribution is -0.0227. The normalized spacial score (nSPS) is 17.5. The molecule has 1 fully saturated rings. The molecule has 1 atom stereocenters. The molecule has 7 heteroatoms. The van der Waals surface area contributed by atoms with Gasteiger partial charge in [0.1, 0.15) is 11.9 Å². The molecule has 3 aromatic rings. The molecule has 1 amide bonds. The Bertz CT molecular complexity index is 1010. The molecule has 6 nitrogen and oxygen atoms in total. The zero-order chi connectivity index (χ0) is 19.1. The third kappa shape index (κ3) is 3.19. The number of rotatable bonds is 2. The van der Waals surface area contributed by atoms with Crippen molar-refractivity contribution in [2.75, 3.05) is 19.7 Å². The van der Waals surface area contributed by atoms with Crippen molar-refractivity contribution in [1.29, 1.82) is 0 Å². The summed E-state index contributed by atoms with van der Waals surface area (Å²) in [6.07, 6.45) is -0.267. The Morgan fingerprint density at radius 3 is 2.74 bits per heavy atom. The maximum Gasteiger partial charge on any atom is 0.254 e. The van der Waals surface area contributed by atoms with E-state index < -0.39 is 0 Å². The predicted octanol–water partition coefficient (Wildman–Crippen LogP) is 2.94. The first-order chi connectivity index (χ1) is 12.9. The average Bonchev–Trinajstić information content (AvgIpc) is 2.95. The van der Waals surface area contributed by atoms with Crippen molar-refractivity contribution >= 4 is 16.9 Å². The summed E-state index contributed by atoms with van der Waals surface area (Å²) in [6.45, 7) is 5.13. The number of aromatic nitrogens is 3. The zero-order valence-electron chi connectivity index (χ0n) is 15.6. The highest BCUT2D eigenvalue weighted by atomic mass is 19.1. The quantitative estimate of drug-likeness (QED) is 0.698. The van der Waals surface area contributed by atoms with Gasteiger partial charge in [0.25, 0.3) is 5.91 Å². The fraction of sp³-hybridized carbons (Fsp3) is 0.350. The van der Waals surface area contributed by atoms with Gasteiger partial charge in [0.05, 0.1) is 29.8 Å². The van der Waals surface area contributed by atoms with Crippen LogP contribution in [-0.4, -0.2) is 45.3 Å². The van der Waals surface area contributed by atoms with E-state index in [1.54, 1.807) is 21.7 Å². The van der Waals surface area contributed by atoms with Crippen LogP contribution < -0.4 is 0 Å². The number of fused-ring (bicyclic) bond motifs is 1. The maximum absolute atomic E-state index is 13.3. The number of carbonyl (C=O) groups excluding carboxylic acids is 1. The Balaban J connectivity index is 1.66. The molecular formula is C20H21FN4O2. The number of pyridine rings is 1. The Morgan fingerprint density at radius 2 is 2.00 bits per heavy atom. The first-order valence-electron chi connectivity index (χ1n) is 8.91. The Hall–Kier alpha value is -2.80. The lowest BCUT2D eigenvalue weighted by atomic mass is 10.1. The summed E-state index contributed by atoms with van der Waals surface area (Å²) in [4.78, 5) is 19.6. The summed E-state index contributed by atoms with van der Waals surface area (Å²) >= 11 is 0. The number of benzene rings is 1. The van der Waals surface area contributed by atoms with Gasteiger partial charge in [-0.25, -0.2) is 9.37 Å². The minimum Gasteiger partial charge on any atom is -0.370 e. The summed E-state index contributed by atoms with van der Waals surface area (Å²) in [5.74, 6) is -0.346. The summed E-state index contributed by atoms with van der Waals surface area (Å²) in [5, 5.41) is 5.20. The van der Waals surface area contributed by atoms with Crippen molar-refractivity contribution in [2.45, 2.75) is 20.0 Å². The van der Waals surface area contributed by atoms with Gasteiger partial charge in [-0.1, -0.05) is 12.1 Å². The second-order valence-corrected chi connectivity index (χ2v) is 6.88. The molecular weight excluding hydrogens is 347 g/mol. The van der Waals surface area contributed by atoms with Crippen LogP contribution in [0.2, 0.25) is 0 Å². The van der Waals surface area contributed by atoms with Crippen LogP contribution in [0.25, 0.3) is 11.0 Å². The SMILES string of the molecule is Cc1cc(C(=O)N2CCOC(c3ccc(F)cc3)C2)c2c(C)nn(C)c2n1. The number of carbonyl (C=O) groups is 1. The van der Waals surface area contributed by atoms with Crippen LogP contribution in [0.15, 0.2) is 30.3 Å². The van der Waals surface area contributed by atoms with E-state index in [4.69, 9.17) is 4.74 Å². The highest BCUT2D eigenvalue weighted by Gasteiger charge is 2.28. The molecule has 1 aliphatic heterocycles. The number of amides is 1. The van der Waals surface area contributed by atoms with E-state index in [-0.39, 0.29) is 17.8 Å². The fourth-order valence-electron chi connectivity index (χ4n) is 3.62. The topological polar surface area (TPSA) is 60.3 Å². The van der Waals surface area contributed by atoms with Crippen LogP contribution in [0, 0.1) is 19.7 Å². The first kappa shape index (κ1) is 17.6. The minimum atomic E-state index is -0.288. The molecule has 0 radical (unpaired) electrons. The molecule has 1 saturated heterocycles. The third-order valence-electron chi connectivity index (χ3n) is 4.92. The number of hydrogen-bond acceptors (Lipinski definition) is 4. The molecule has 0 saturated carbocycles. The van der Waals surface area contributed by atoms with Gasteiger partial charge in [-0.2, -0.15) is 5.10 Å². The van der Waals surface area contributed by atoms with Crippen molar-refractivity contribution in [3.8, 4) is 0 Å². The number of aryl methyl sites for hydroxylation is 3. The minimum absolute atomic E-state index is 0.0583. The Kier molecular flexibility index (Phi) is 4.39. The lowest BCUT2D eigenvalue weighted by Gasteiger charge is -2.33.